The van der Waals surface area contributed by atoms with Crippen LogP contribution in [0.3, 0.4) is 0 Å². The Morgan fingerprint density at radius 3 is 1.64 bits per heavy atom. The maximum atomic E-state index is 13.6. The number of nitrogens with zero attached hydrogens (tertiary/aromatic N) is 2. The number of carbonyl (C=O) groups is 5. The first kappa shape index (κ1) is 28.9. The Kier molecular flexibility index (Phi) is 6.94. The maximum Gasteiger partial charge on any atom is 0.255 e. The van der Waals surface area contributed by atoms with Crippen molar-refractivity contribution in [3.63, 3.8) is 0 Å². The van der Waals surface area contributed by atoms with E-state index in [4.69, 9.17) is 11.5 Å². The number of amides is 1. The third kappa shape index (κ3) is 4.72. The van der Waals surface area contributed by atoms with E-state index in [1.165, 1.54) is 24.6 Å². The highest BCUT2D eigenvalue weighted by molar-refractivity contribution is 6.33. The molecule has 10 heteroatoms. The van der Waals surface area contributed by atoms with E-state index in [1.54, 1.807) is 84.9 Å². The van der Waals surface area contributed by atoms with E-state index in [0.29, 0.717) is 16.7 Å². The van der Waals surface area contributed by atoms with Gasteiger partial charge in [-0.25, -0.2) is 0 Å². The summed E-state index contributed by atoms with van der Waals surface area (Å²) < 4.78 is 0. The van der Waals surface area contributed by atoms with E-state index in [2.05, 4.69) is 15.5 Å². The van der Waals surface area contributed by atoms with E-state index in [9.17, 15) is 24.0 Å². The molecular formula is C37H23N5O5. The molecule has 5 N–H and O–H groups in total. The second kappa shape index (κ2) is 11.3. The Balaban J connectivity index is 1.25. The molecule has 7 rings (SSSR count). The second-order valence-corrected chi connectivity index (χ2v) is 10.9. The van der Waals surface area contributed by atoms with Crippen LogP contribution in [0.25, 0.3) is 0 Å². The average Bonchev–Trinajstić information content (AvgIpc) is 3.09. The minimum Gasteiger partial charge on any atom is -0.398 e. The van der Waals surface area contributed by atoms with Crippen LogP contribution in [0.5, 0.6) is 0 Å². The lowest BCUT2D eigenvalue weighted by Crippen LogP contribution is -2.26. The lowest BCUT2D eigenvalue weighted by Gasteiger charge is -2.23. The summed E-state index contributed by atoms with van der Waals surface area (Å²) in [7, 11) is 0. The lowest BCUT2D eigenvalue weighted by molar-refractivity contribution is 0.0979. The lowest BCUT2D eigenvalue weighted by atomic mass is 9.81. The number of carbonyl (C=O) groups excluding carboxylic acids is 5. The predicted octanol–water partition coefficient (Wildman–Crippen LogP) is 5.11. The van der Waals surface area contributed by atoms with Gasteiger partial charge in [0.15, 0.2) is 23.1 Å². The zero-order valence-electron chi connectivity index (χ0n) is 24.5. The summed E-state index contributed by atoms with van der Waals surface area (Å²) in [6.45, 7) is 0. The molecule has 0 spiro atoms. The van der Waals surface area contributed by atoms with Gasteiger partial charge in [-0.1, -0.05) is 72.8 Å². The van der Waals surface area contributed by atoms with Gasteiger partial charge in [-0.3, -0.25) is 24.0 Å². The summed E-state index contributed by atoms with van der Waals surface area (Å²) in [5.74, 6) is -2.07. The minimum absolute atomic E-state index is 0.0133. The first-order valence-corrected chi connectivity index (χ1v) is 14.4. The quantitative estimate of drug-likeness (QED) is 0.137. The molecule has 0 aromatic heterocycles. The van der Waals surface area contributed by atoms with Gasteiger partial charge in [-0.2, -0.15) is 10.2 Å². The van der Waals surface area contributed by atoms with Crippen LogP contribution in [-0.2, 0) is 0 Å². The largest absolute Gasteiger partial charge is 0.398 e. The van der Waals surface area contributed by atoms with Gasteiger partial charge in [0, 0.05) is 44.5 Å². The molecule has 47 heavy (non-hydrogen) atoms. The van der Waals surface area contributed by atoms with Crippen LogP contribution < -0.4 is 16.8 Å². The first-order valence-electron chi connectivity index (χ1n) is 14.4. The normalized spacial score (nSPS) is 13.4. The summed E-state index contributed by atoms with van der Waals surface area (Å²) in [5, 5.41) is 10.9. The number of nitrogen functional groups attached to an aromatic ring is 2. The highest BCUT2D eigenvalue weighted by Crippen LogP contribution is 2.37. The summed E-state index contributed by atoms with van der Waals surface area (Å²) in [6.07, 6.45) is 2.60. The molecule has 0 bridgehead atoms. The molecule has 2 aliphatic carbocycles. The van der Waals surface area contributed by atoms with Crippen LogP contribution in [-0.4, -0.2) is 41.5 Å². The molecule has 0 heterocycles. The van der Waals surface area contributed by atoms with Gasteiger partial charge in [0.05, 0.1) is 46.2 Å². The molecule has 0 radical (unpaired) electrons. The first-order chi connectivity index (χ1) is 22.8. The molecule has 0 saturated carbocycles. The Morgan fingerprint density at radius 2 is 1.02 bits per heavy atom. The number of nitrogens with one attached hydrogen (secondary N) is 1. The van der Waals surface area contributed by atoms with Crippen LogP contribution in [0.4, 0.5) is 17.1 Å². The molecule has 226 valence electrons. The molecular weight excluding hydrogens is 594 g/mol. The molecule has 10 nitrogen and oxygen atoms in total. The highest BCUT2D eigenvalue weighted by Gasteiger charge is 2.35. The van der Waals surface area contributed by atoms with Crippen molar-refractivity contribution in [3.05, 3.63) is 158 Å². The van der Waals surface area contributed by atoms with Crippen molar-refractivity contribution in [2.75, 3.05) is 16.8 Å². The van der Waals surface area contributed by atoms with Gasteiger partial charge in [-0.15, -0.1) is 0 Å². The maximum absolute atomic E-state index is 13.6. The molecule has 0 fully saturated rings. The molecule has 5 aromatic rings. The van der Waals surface area contributed by atoms with Crippen molar-refractivity contribution in [2.45, 2.75) is 0 Å². The summed E-state index contributed by atoms with van der Waals surface area (Å²) in [6, 6.07) is 25.9. The Bertz CT molecular complexity index is 2290. The molecule has 1 amide bonds. The van der Waals surface area contributed by atoms with Gasteiger partial charge in [0.2, 0.25) is 0 Å². The minimum atomic E-state index is -0.490. The van der Waals surface area contributed by atoms with Gasteiger partial charge >= 0.3 is 0 Å². The molecule has 0 unspecified atom stereocenters. The standard InChI is InChI=1S/C37H23N5O5/c38-31-20(14-15-26-28(31)34(44)23-11-5-4-10-22(23)33(26)43)17-40-41-18-21-16-27(42-37(47)19-8-2-1-3-9-19)29-30(32(21)39)36(46)25-13-7-6-12-24(25)35(29)45/h1-18H,38-39H2,(H,42,47)/b40-17-,41-18-. The molecule has 2 aliphatic rings. The van der Waals surface area contributed by atoms with Crippen LogP contribution in [0.2, 0.25) is 0 Å². The van der Waals surface area contributed by atoms with Crippen LogP contribution in [0.1, 0.15) is 85.2 Å². The second-order valence-electron chi connectivity index (χ2n) is 10.9. The van der Waals surface area contributed by atoms with Gasteiger partial charge in [0.25, 0.3) is 5.91 Å². The Hall–Kier alpha value is -6.81. The smallest absolute Gasteiger partial charge is 0.255 e. The fraction of sp³-hybridized carbons (Fsp3) is 0. The van der Waals surface area contributed by atoms with Gasteiger partial charge < -0.3 is 16.8 Å². The average molecular weight is 618 g/mol. The van der Waals surface area contributed by atoms with E-state index < -0.39 is 17.5 Å². The fourth-order valence-electron chi connectivity index (χ4n) is 5.86. The van der Waals surface area contributed by atoms with Crippen molar-refractivity contribution >= 4 is 58.5 Å². The van der Waals surface area contributed by atoms with Crippen LogP contribution >= 0.6 is 0 Å². The number of anilines is 3. The molecule has 5 aromatic carbocycles. The van der Waals surface area contributed by atoms with Crippen LogP contribution in [0.15, 0.2) is 107 Å². The number of benzene rings is 5. The summed E-state index contributed by atoms with van der Waals surface area (Å²) in [5.41, 5.74) is 15.1. The zero-order chi connectivity index (χ0) is 32.8. The number of ketones is 4. The van der Waals surface area contributed by atoms with Crippen molar-refractivity contribution in [1.29, 1.82) is 0 Å². The van der Waals surface area contributed by atoms with Gasteiger partial charge in [0.1, 0.15) is 0 Å². The fourth-order valence-corrected chi connectivity index (χ4v) is 5.86. The number of fused-ring (bicyclic) bond motifs is 4. The topological polar surface area (TPSA) is 174 Å². The van der Waals surface area contributed by atoms with Crippen LogP contribution in [0, 0.1) is 0 Å². The highest BCUT2D eigenvalue weighted by atomic mass is 16.2. The predicted molar refractivity (Wildman–Crippen MR) is 178 cm³/mol. The number of hydrogen-bond donors (Lipinski definition) is 3. The van der Waals surface area contributed by atoms with Crippen molar-refractivity contribution in [2.24, 2.45) is 10.2 Å². The summed E-state index contributed by atoms with van der Waals surface area (Å²) in [4.78, 5) is 66.7. The SMILES string of the molecule is Nc1c(/C=N\N=C/c2cc(NC(=O)c3ccccc3)c3c(c2N)C(=O)c2ccccc2C3=O)ccc2c1C(=O)c1ccccc1C2=O. The van der Waals surface area contributed by atoms with E-state index in [1.807, 2.05) is 0 Å². The molecule has 0 aliphatic heterocycles. The van der Waals surface area contributed by atoms with E-state index in [-0.39, 0.29) is 73.1 Å². The summed E-state index contributed by atoms with van der Waals surface area (Å²) >= 11 is 0. The number of nitrogens with two attached hydrogens (primary N) is 2. The zero-order valence-corrected chi connectivity index (χ0v) is 24.5. The van der Waals surface area contributed by atoms with Gasteiger partial charge in [-0.05, 0) is 24.3 Å². The molecule has 0 atom stereocenters. The number of hydrogen-bond acceptors (Lipinski definition) is 9. The Labute approximate surface area is 267 Å². The van der Waals surface area contributed by atoms with E-state index in [0.717, 1.165) is 0 Å². The van der Waals surface area contributed by atoms with E-state index >= 15 is 0 Å². The van der Waals surface area contributed by atoms with Crippen molar-refractivity contribution in [3.8, 4) is 0 Å². The monoisotopic (exact) mass is 617 g/mol. The van der Waals surface area contributed by atoms with Crippen molar-refractivity contribution < 1.29 is 24.0 Å². The molecule has 0 saturated heterocycles. The Morgan fingerprint density at radius 1 is 0.532 bits per heavy atom. The third-order valence-electron chi connectivity index (χ3n) is 8.18. The van der Waals surface area contributed by atoms with Crippen molar-refractivity contribution in [1.82, 2.24) is 0 Å². The number of rotatable bonds is 5. The third-order valence-corrected chi connectivity index (χ3v) is 8.18.